The number of hydrogen-bond donors (Lipinski definition) is 2. The van der Waals surface area contributed by atoms with E-state index >= 15 is 0 Å². The summed E-state index contributed by atoms with van der Waals surface area (Å²) in [4.78, 5) is 13.3. The number of thioether (sulfide) groups is 1. The van der Waals surface area contributed by atoms with Gasteiger partial charge < -0.3 is 10.7 Å². The van der Waals surface area contributed by atoms with Crippen molar-refractivity contribution in [1.29, 1.82) is 0 Å². The smallest absolute Gasteiger partial charge is 0.240 e. The van der Waals surface area contributed by atoms with Gasteiger partial charge in [-0.05, 0) is 55.2 Å². The van der Waals surface area contributed by atoms with Gasteiger partial charge in [-0.2, -0.15) is 0 Å². The number of nitrogens with one attached hydrogen (secondary N) is 2. The zero-order valence-corrected chi connectivity index (χ0v) is 18.0. The van der Waals surface area contributed by atoms with Crippen molar-refractivity contribution in [2.75, 3.05) is 10.7 Å². The van der Waals surface area contributed by atoms with E-state index in [2.05, 4.69) is 27.9 Å². The molecule has 0 fully saturated rings. The monoisotopic (exact) mass is 425 g/mol. The minimum absolute atomic E-state index is 0.137. The van der Waals surface area contributed by atoms with Gasteiger partial charge in [-0.1, -0.05) is 43.0 Å². The molecule has 0 aliphatic carbocycles. The molecule has 1 amide bonds. The summed E-state index contributed by atoms with van der Waals surface area (Å²) in [6, 6.07) is 11.7. The summed E-state index contributed by atoms with van der Waals surface area (Å²) in [6.07, 6.45) is 1.71. The maximum absolute atomic E-state index is 13.5. The SMILES string of the molecule is CCCc1nnc2n1NC(c1ccc(F)cc1)C(C(=O)Nc1cccc(C)c1C)S2. The average Bonchev–Trinajstić information content (AvgIpc) is 3.13. The number of aryl methyl sites for hydroxylation is 2. The summed E-state index contributed by atoms with van der Waals surface area (Å²) in [5, 5.41) is 11.7. The van der Waals surface area contributed by atoms with Crippen LogP contribution >= 0.6 is 11.8 Å². The zero-order chi connectivity index (χ0) is 21.3. The molecule has 6 nitrogen and oxygen atoms in total. The van der Waals surface area contributed by atoms with Crippen LogP contribution in [0, 0.1) is 19.7 Å². The molecule has 0 bridgehead atoms. The molecular weight excluding hydrogens is 401 g/mol. The second-order valence-electron chi connectivity index (χ2n) is 7.42. The molecule has 0 saturated heterocycles. The molecular formula is C22H24FN5OS. The first-order valence-corrected chi connectivity index (χ1v) is 10.9. The lowest BCUT2D eigenvalue weighted by Gasteiger charge is -2.33. The van der Waals surface area contributed by atoms with E-state index in [0.29, 0.717) is 5.16 Å². The second kappa shape index (κ2) is 8.47. The van der Waals surface area contributed by atoms with Crippen LogP contribution in [0.4, 0.5) is 10.1 Å². The standard InChI is InChI=1S/C22H24FN5OS/c1-4-6-18-25-26-22-28(18)27-19(15-9-11-16(23)12-10-15)20(30-22)21(29)24-17-8-5-7-13(2)14(17)3/h5,7-12,19-20,27H,4,6H2,1-3H3,(H,24,29). The normalized spacial score (nSPS) is 17.9. The zero-order valence-electron chi connectivity index (χ0n) is 17.1. The van der Waals surface area contributed by atoms with Crippen molar-refractivity contribution in [2.24, 2.45) is 0 Å². The molecule has 4 rings (SSSR count). The molecule has 1 aliphatic heterocycles. The molecule has 3 aromatic rings. The Morgan fingerprint density at radius 3 is 2.70 bits per heavy atom. The fourth-order valence-electron chi connectivity index (χ4n) is 3.49. The number of carbonyl (C=O) groups excluding carboxylic acids is 1. The van der Waals surface area contributed by atoms with E-state index < -0.39 is 5.25 Å². The van der Waals surface area contributed by atoms with Crippen LogP contribution in [0.5, 0.6) is 0 Å². The number of halogens is 1. The third-order valence-corrected chi connectivity index (χ3v) is 6.54. The Labute approximate surface area is 179 Å². The number of aromatic nitrogens is 3. The minimum Gasteiger partial charge on any atom is -0.325 e. The number of hydrogen-bond acceptors (Lipinski definition) is 5. The predicted octanol–water partition coefficient (Wildman–Crippen LogP) is 4.38. The Kier molecular flexibility index (Phi) is 5.76. The van der Waals surface area contributed by atoms with E-state index in [0.717, 1.165) is 41.0 Å². The molecule has 2 aromatic carbocycles. The van der Waals surface area contributed by atoms with Gasteiger partial charge in [0, 0.05) is 12.1 Å². The lowest BCUT2D eigenvalue weighted by molar-refractivity contribution is -0.116. The van der Waals surface area contributed by atoms with E-state index in [1.807, 2.05) is 36.7 Å². The lowest BCUT2D eigenvalue weighted by atomic mass is 10.0. The molecule has 156 valence electrons. The maximum Gasteiger partial charge on any atom is 0.240 e. The highest BCUT2D eigenvalue weighted by Crippen LogP contribution is 2.38. The Morgan fingerprint density at radius 2 is 1.97 bits per heavy atom. The molecule has 8 heteroatoms. The van der Waals surface area contributed by atoms with Crippen LogP contribution < -0.4 is 10.7 Å². The average molecular weight is 426 g/mol. The second-order valence-corrected chi connectivity index (χ2v) is 8.53. The van der Waals surface area contributed by atoms with Crippen molar-refractivity contribution < 1.29 is 9.18 Å². The molecule has 2 N–H and O–H groups in total. The molecule has 30 heavy (non-hydrogen) atoms. The highest BCUT2D eigenvalue weighted by molar-refractivity contribution is 8.00. The fourth-order valence-corrected chi connectivity index (χ4v) is 4.59. The predicted molar refractivity (Wildman–Crippen MR) is 117 cm³/mol. The van der Waals surface area contributed by atoms with Gasteiger partial charge in [-0.25, -0.2) is 9.07 Å². The van der Waals surface area contributed by atoms with Crippen LogP contribution in [-0.2, 0) is 11.2 Å². The Balaban J connectivity index is 1.68. The van der Waals surface area contributed by atoms with E-state index in [-0.39, 0.29) is 17.8 Å². The van der Waals surface area contributed by atoms with E-state index in [4.69, 9.17) is 0 Å². The summed E-state index contributed by atoms with van der Waals surface area (Å²) in [5.41, 5.74) is 7.16. The quantitative estimate of drug-likeness (QED) is 0.635. The van der Waals surface area contributed by atoms with Gasteiger partial charge in [0.15, 0.2) is 5.82 Å². The van der Waals surface area contributed by atoms with Crippen molar-refractivity contribution in [3.63, 3.8) is 0 Å². The van der Waals surface area contributed by atoms with Gasteiger partial charge in [0.25, 0.3) is 0 Å². The Morgan fingerprint density at radius 1 is 1.20 bits per heavy atom. The van der Waals surface area contributed by atoms with Gasteiger partial charge in [0.1, 0.15) is 11.1 Å². The lowest BCUT2D eigenvalue weighted by Crippen LogP contribution is -2.41. The number of fused-ring (bicyclic) bond motifs is 1. The molecule has 2 atom stereocenters. The van der Waals surface area contributed by atoms with Gasteiger partial charge in [0.05, 0.1) is 6.04 Å². The van der Waals surface area contributed by atoms with Crippen LogP contribution in [-0.4, -0.2) is 26.0 Å². The van der Waals surface area contributed by atoms with Crippen molar-refractivity contribution in [3.05, 3.63) is 70.8 Å². The molecule has 0 spiro atoms. The van der Waals surface area contributed by atoms with Crippen LogP contribution in [0.2, 0.25) is 0 Å². The van der Waals surface area contributed by atoms with E-state index in [1.54, 1.807) is 12.1 Å². The summed E-state index contributed by atoms with van der Waals surface area (Å²) in [5.74, 6) is 0.373. The minimum atomic E-state index is -0.499. The first-order chi connectivity index (χ1) is 14.5. The molecule has 0 saturated carbocycles. The molecule has 1 aliphatic rings. The van der Waals surface area contributed by atoms with E-state index in [9.17, 15) is 9.18 Å². The highest BCUT2D eigenvalue weighted by atomic mass is 32.2. The molecule has 0 radical (unpaired) electrons. The van der Waals surface area contributed by atoms with Crippen molar-refractivity contribution in [2.45, 2.75) is 50.1 Å². The number of carbonyl (C=O) groups is 1. The van der Waals surface area contributed by atoms with Crippen LogP contribution in [0.15, 0.2) is 47.6 Å². The number of anilines is 1. The third-order valence-electron chi connectivity index (χ3n) is 5.33. The third kappa shape index (κ3) is 3.92. The summed E-state index contributed by atoms with van der Waals surface area (Å²) in [7, 11) is 0. The topological polar surface area (TPSA) is 71.8 Å². The number of benzene rings is 2. The van der Waals surface area contributed by atoms with E-state index in [1.165, 1.54) is 23.9 Å². The fraction of sp³-hybridized carbons (Fsp3) is 0.318. The van der Waals surface area contributed by atoms with Crippen LogP contribution in [0.25, 0.3) is 0 Å². The Hall–Kier alpha value is -2.87. The van der Waals surface area contributed by atoms with Crippen molar-refractivity contribution in [1.82, 2.24) is 14.9 Å². The number of nitrogens with zero attached hydrogens (tertiary/aromatic N) is 3. The molecule has 2 unspecified atom stereocenters. The van der Waals surface area contributed by atoms with Gasteiger partial charge in [-0.3, -0.25) is 4.79 Å². The first kappa shape index (κ1) is 20.4. The van der Waals surface area contributed by atoms with Gasteiger partial charge in [0.2, 0.25) is 11.1 Å². The summed E-state index contributed by atoms with van der Waals surface area (Å²) < 4.78 is 15.4. The maximum atomic E-state index is 13.5. The molecule has 2 heterocycles. The first-order valence-electron chi connectivity index (χ1n) is 9.98. The highest BCUT2D eigenvalue weighted by Gasteiger charge is 2.37. The molecule has 1 aromatic heterocycles. The number of rotatable bonds is 5. The van der Waals surface area contributed by atoms with Crippen LogP contribution in [0.3, 0.4) is 0 Å². The summed E-state index contributed by atoms with van der Waals surface area (Å²) >= 11 is 1.37. The van der Waals surface area contributed by atoms with Crippen LogP contribution in [0.1, 0.15) is 41.9 Å². The van der Waals surface area contributed by atoms with Gasteiger partial charge >= 0.3 is 0 Å². The van der Waals surface area contributed by atoms with Crippen molar-refractivity contribution >= 4 is 23.4 Å². The summed E-state index contributed by atoms with van der Waals surface area (Å²) in [6.45, 7) is 6.08. The largest absolute Gasteiger partial charge is 0.325 e. The number of amides is 1. The van der Waals surface area contributed by atoms with Gasteiger partial charge in [-0.15, -0.1) is 10.2 Å². The van der Waals surface area contributed by atoms with Crippen molar-refractivity contribution in [3.8, 4) is 0 Å². The Bertz CT molecular complexity index is 1070.